The Labute approximate surface area is 189 Å². The lowest BCUT2D eigenvalue weighted by molar-refractivity contribution is 0.459. The number of rotatable bonds is 6. The number of aromatic nitrogens is 4. The highest BCUT2D eigenvalue weighted by Gasteiger charge is 2.21. The van der Waals surface area contributed by atoms with Crippen LogP contribution in [0.1, 0.15) is 30.2 Å². The van der Waals surface area contributed by atoms with Crippen LogP contribution < -0.4 is 15.5 Å². The van der Waals surface area contributed by atoms with E-state index in [-0.39, 0.29) is 24.0 Å². The number of nitrogens with one attached hydrogen (secondary N) is 2. The van der Waals surface area contributed by atoms with Gasteiger partial charge < -0.3 is 20.1 Å². The van der Waals surface area contributed by atoms with E-state index >= 15 is 0 Å². The number of aliphatic imine (C=N–C) groups is 1. The molecule has 0 atom stereocenters. The lowest BCUT2D eigenvalue weighted by Gasteiger charge is -2.34. The SMILES string of the molecule is C=CCNC(=NCc1nnc(C)n1C)NC1CCN(c2cccc(C)n2)CC1.I. The Hall–Kier alpha value is -2.17. The molecular formula is C20H31IN8. The smallest absolute Gasteiger partial charge is 0.192 e. The maximum atomic E-state index is 4.69. The molecule has 1 saturated heterocycles. The summed E-state index contributed by atoms with van der Waals surface area (Å²) in [6.07, 6.45) is 3.90. The highest BCUT2D eigenvalue weighted by molar-refractivity contribution is 14.0. The fraction of sp³-hybridized carbons (Fsp3) is 0.500. The Bertz CT molecular complexity index is 824. The molecule has 0 bridgehead atoms. The van der Waals surface area contributed by atoms with Crippen molar-refractivity contribution in [1.82, 2.24) is 30.4 Å². The second-order valence-electron chi connectivity index (χ2n) is 7.10. The van der Waals surface area contributed by atoms with Gasteiger partial charge in [-0.05, 0) is 38.8 Å². The normalized spacial score (nSPS) is 15.0. The van der Waals surface area contributed by atoms with Crippen molar-refractivity contribution in [2.24, 2.45) is 12.0 Å². The van der Waals surface area contributed by atoms with Crippen molar-refractivity contribution in [2.75, 3.05) is 24.5 Å². The molecule has 1 aliphatic rings. The summed E-state index contributed by atoms with van der Waals surface area (Å²) in [5, 5.41) is 15.1. The molecule has 9 heteroatoms. The number of halogens is 1. The van der Waals surface area contributed by atoms with Gasteiger partial charge in [0, 0.05) is 38.4 Å². The Morgan fingerprint density at radius 2 is 2.03 bits per heavy atom. The number of anilines is 1. The van der Waals surface area contributed by atoms with Crippen molar-refractivity contribution in [1.29, 1.82) is 0 Å². The molecule has 2 N–H and O–H groups in total. The van der Waals surface area contributed by atoms with Gasteiger partial charge in [-0.3, -0.25) is 0 Å². The fourth-order valence-corrected chi connectivity index (χ4v) is 3.21. The van der Waals surface area contributed by atoms with E-state index in [1.807, 2.05) is 37.6 Å². The Morgan fingerprint density at radius 1 is 1.28 bits per heavy atom. The highest BCUT2D eigenvalue weighted by Crippen LogP contribution is 2.18. The van der Waals surface area contributed by atoms with E-state index in [2.05, 4.69) is 54.4 Å². The molecule has 0 amide bonds. The molecule has 1 aliphatic heterocycles. The first-order valence-corrected chi connectivity index (χ1v) is 9.76. The van der Waals surface area contributed by atoms with Gasteiger partial charge in [0.05, 0.1) is 0 Å². The summed E-state index contributed by atoms with van der Waals surface area (Å²) in [7, 11) is 1.96. The van der Waals surface area contributed by atoms with Crippen molar-refractivity contribution in [3.05, 3.63) is 48.2 Å². The molecule has 1 fully saturated rings. The van der Waals surface area contributed by atoms with Gasteiger partial charge in [0.1, 0.15) is 18.2 Å². The van der Waals surface area contributed by atoms with Gasteiger partial charge in [0.15, 0.2) is 11.8 Å². The number of guanidine groups is 1. The van der Waals surface area contributed by atoms with Crippen molar-refractivity contribution in [3.8, 4) is 0 Å². The molecule has 0 radical (unpaired) electrons. The molecule has 3 heterocycles. The van der Waals surface area contributed by atoms with E-state index in [0.29, 0.717) is 19.1 Å². The first-order chi connectivity index (χ1) is 13.6. The third kappa shape index (κ3) is 6.41. The summed E-state index contributed by atoms with van der Waals surface area (Å²) in [5.74, 6) is 3.58. The minimum Gasteiger partial charge on any atom is -0.356 e. The molecule has 0 spiro atoms. The van der Waals surface area contributed by atoms with Crippen LogP contribution in [0, 0.1) is 13.8 Å². The van der Waals surface area contributed by atoms with E-state index in [1.165, 1.54) is 0 Å². The van der Waals surface area contributed by atoms with Crippen molar-refractivity contribution < 1.29 is 0 Å². The predicted octanol–water partition coefficient (Wildman–Crippen LogP) is 2.34. The van der Waals surface area contributed by atoms with Gasteiger partial charge in [-0.2, -0.15) is 0 Å². The third-order valence-corrected chi connectivity index (χ3v) is 5.01. The van der Waals surface area contributed by atoms with Gasteiger partial charge in [0.2, 0.25) is 0 Å². The van der Waals surface area contributed by atoms with Crippen LogP contribution in [-0.2, 0) is 13.6 Å². The maximum Gasteiger partial charge on any atom is 0.192 e. The third-order valence-electron chi connectivity index (χ3n) is 5.01. The van der Waals surface area contributed by atoms with Gasteiger partial charge in [-0.25, -0.2) is 9.98 Å². The van der Waals surface area contributed by atoms with Gasteiger partial charge in [-0.1, -0.05) is 12.1 Å². The number of pyridine rings is 1. The fourth-order valence-electron chi connectivity index (χ4n) is 3.21. The second-order valence-corrected chi connectivity index (χ2v) is 7.10. The number of nitrogens with zero attached hydrogens (tertiary/aromatic N) is 6. The molecule has 158 valence electrons. The van der Waals surface area contributed by atoms with Crippen molar-refractivity contribution >= 4 is 35.8 Å². The summed E-state index contributed by atoms with van der Waals surface area (Å²) < 4.78 is 1.96. The second kappa shape index (κ2) is 11.1. The average molecular weight is 510 g/mol. The highest BCUT2D eigenvalue weighted by atomic mass is 127. The first-order valence-electron chi connectivity index (χ1n) is 9.76. The summed E-state index contributed by atoms with van der Waals surface area (Å²) in [6, 6.07) is 6.56. The average Bonchev–Trinajstić information content (AvgIpc) is 3.02. The molecule has 0 saturated carbocycles. The van der Waals surface area contributed by atoms with Gasteiger partial charge in [-0.15, -0.1) is 40.8 Å². The van der Waals surface area contributed by atoms with Crippen LogP contribution in [0.25, 0.3) is 0 Å². The minimum atomic E-state index is 0. The molecule has 0 aliphatic carbocycles. The van der Waals surface area contributed by atoms with E-state index < -0.39 is 0 Å². The lowest BCUT2D eigenvalue weighted by atomic mass is 10.1. The molecule has 0 aromatic carbocycles. The summed E-state index contributed by atoms with van der Waals surface area (Å²) in [4.78, 5) is 11.7. The van der Waals surface area contributed by atoms with Crippen molar-refractivity contribution in [2.45, 2.75) is 39.3 Å². The molecule has 8 nitrogen and oxygen atoms in total. The zero-order valence-corrected chi connectivity index (χ0v) is 19.8. The Balaban J connectivity index is 0.00000300. The minimum absolute atomic E-state index is 0. The van der Waals surface area contributed by atoms with E-state index in [0.717, 1.165) is 55.1 Å². The molecule has 2 aromatic heterocycles. The largest absolute Gasteiger partial charge is 0.356 e. The van der Waals surface area contributed by atoms with Gasteiger partial charge in [0.25, 0.3) is 0 Å². The topological polar surface area (TPSA) is 83.3 Å². The van der Waals surface area contributed by atoms with Crippen LogP contribution in [0.4, 0.5) is 5.82 Å². The zero-order valence-electron chi connectivity index (χ0n) is 17.4. The summed E-state index contributed by atoms with van der Waals surface area (Å²) >= 11 is 0. The zero-order chi connectivity index (χ0) is 19.9. The number of piperidine rings is 1. The van der Waals surface area contributed by atoms with Crippen LogP contribution in [0.3, 0.4) is 0 Å². The van der Waals surface area contributed by atoms with Crippen molar-refractivity contribution in [3.63, 3.8) is 0 Å². The summed E-state index contributed by atoms with van der Waals surface area (Å²) in [5.41, 5.74) is 1.06. The standard InChI is InChI=1S/C20H30N8.HI/c1-5-11-21-20(22-14-19-26-25-16(3)27(19)4)24-17-9-12-28(13-10-17)18-8-6-7-15(2)23-18;/h5-8,17H,1,9-14H2,2-4H3,(H2,21,22,24);1H. The quantitative estimate of drug-likeness (QED) is 0.269. The lowest BCUT2D eigenvalue weighted by Crippen LogP contribution is -2.49. The number of aryl methyl sites for hydroxylation is 2. The number of hydrogen-bond acceptors (Lipinski definition) is 5. The summed E-state index contributed by atoms with van der Waals surface area (Å²) in [6.45, 7) is 10.8. The number of hydrogen-bond donors (Lipinski definition) is 2. The predicted molar refractivity (Wildman–Crippen MR) is 128 cm³/mol. The first kappa shape index (κ1) is 23.1. The van der Waals surface area contributed by atoms with E-state index in [4.69, 9.17) is 0 Å². The monoisotopic (exact) mass is 510 g/mol. The Morgan fingerprint density at radius 3 is 2.66 bits per heavy atom. The molecule has 2 aromatic rings. The van der Waals surface area contributed by atoms with Gasteiger partial charge >= 0.3 is 0 Å². The molecule has 3 rings (SSSR count). The Kier molecular flexibility index (Phi) is 8.87. The molecule has 0 unspecified atom stereocenters. The molecular weight excluding hydrogens is 479 g/mol. The van der Waals surface area contributed by atoms with Crippen LogP contribution in [0.2, 0.25) is 0 Å². The van der Waals surface area contributed by atoms with Crippen LogP contribution in [0.5, 0.6) is 0 Å². The molecule has 29 heavy (non-hydrogen) atoms. The van der Waals surface area contributed by atoms with Crippen LogP contribution >= 0.6 is 24.0 Å². The van der Waals surface area contributed by atoms with Crippen LogP contribution in [0.15, 0.2) is 35.8 Å². The van der Waals surface area contributed by atoms with Crippen LogP contribution in [-0.4, -0.2) is 51.4 Å². The van der Waals surface area contributed by atoms with E-state index in [1.54, 1.807) is 0 Å². The van der Waals surface area contributed by atoms with E-state index in [9.17, 15) is 0 Å². The maximum absolute atomic E-state index is 4.69.